The summed E-state index contributed by atoms with van der Waals surface area (Å²) in [7, 11) is -3.25. The molecule has 0 aliphatic carbocycles. The zero-order valence-corrected chi connectivity index (χ0v) is 15.6. The van der Waals surface area contributed by atoms with Crippen LogP contribution in [0.3, 0.4) is 0 Å². The molecule has 10 heteroatoms. The average molecular weight is 417 g/mol. The van der Waals surface area contributed by atoms with Crippen molar-refractivity contribution in [1.82, 2.24) is 4.72 Å². The molecular formula is C18H18F3NO5S. The van der Waals surface area contributed by atoms with E-state index < -0.39 is 22.4 Å². The number of hydrogen-bond acceptors (Lipinski definition) is 5. The summed E-state index contributed by atoms with van der Waals surface area (Å²) in [5.41, 5.74) is 1.65. The molecule has 2 rings (SSSR count). The van der Waals surface area contributed by atoms with Gasteiger partial charge in [-0.2, -0.15) is 0 Å². The fourth-order valence-corrected chi connectivity index (χ4v) is 2.68. The van der Waals surface area contributed by atoms with Crippen LogP contribution in [0.1, 0.15) is 21.5 Å². The lowest BCUT2D eigenvalue weighted by molar-refractivity contribution is -0.274. The maximum Gasteiger partial charge on any atom is 0.573 e. The number of halogens is 3. The van der Waals surface area contributed by atoms with Crippen LogP contribution >= 0.6 is 0 Å². The van der Waals surface area contributed by atoms with Crippen molar-refractivity contribution in [2.45, 2.75) is 19.4 Å². The second-order valence-electron chi connectivity index (χ2n) is 5.88. The number of benzene rings is 2. The van der Waals surface area contributed by atoms with Crippen LogP contribution in [0.2, 0.25) is 0 Å². The van der Waals surface area contributed by atoms with Gasteiger partial charge in [-0.15, -0.1) is 13.2 Å². The second-order valence-corrected chi connectivity index (χ2v) is 7.71. The van der Waals surface area contributed by atoms with Crippen LogP contribution in [0.25, 0.3) is 0 Å². The fraction of sp³-hybridized carbons (Fsp3) is 0.278. The van der Waals surface area contributed by atoms with Gasteiger partial charge in [0.05, 0.1) is 11.8 Å². The summed E-state index contributed by atoms with van der Waals surface area (Å²) in [5, 5.41) is 0. The van der Waals surface area contributed by atoms with Crippen LogP contribution in [0.4, 0.5) is 13.2 Å². The van der Waals surface area contributed by atoms with Crippen LogP contribution in [0.5, 0.6) is 5.75 Å². The summed E-state index contributed by atoms with van der Waals surface area (Å²) in [4.78, 5) is 12.0. The number of ether oxygens (including phenoxy) is 2. The molecule has 0 aliphatic rings. The Labute approximate surface area is 160 Å². The largest absolute Gasteiger partial charge is 0.573 e. The molecule has 0 amide bonds. The van der Waals surface area contributed by atoms with Gasteiger partial charge in [0.2, 0.25) is 10.0 Å². The molecule has 0 spiro atoms. The highest BCUT2D eigenvalue weighted by atomic mass is 32.2. The molecular weight excluding hydrogens is 399 g/mol. The molecule has 0 fully saturated rings. The summed E-state index contributed by atoms with van der Waals surface area (Å²) < 4.78 is 69.6. The third-order valence-corrected chi connectivity index (χ3v) is 4.22. The maximum absolute atomic E-state index is 12.1. The van der Waals surface area contributed by atoms with Crippen molar-refractivity contribution >= 4 is 16.0 Å². The van der Waals surface area contributed by atoms with Crippen molar-refractivity contribution < 1.29 is 35.9 Å². The van der Waals surface area contributed by atoms with Crippen LogP contribution in [0.15, 0.2) is 48.5 Å². The molecule has 0 radical (unpaired) electrons. The molecule has 0 atom stereocenters. The average Bonchev–Trinajstić information content (AvgIpc) is 2.59. The number of hydrogen-bond donors (Lipinski definition) is 1. The molecule has 0 unspecified atom stereocenters. The lowest BCUT2D eigenvalue weighted by Gasteiger charge is -2.10. The number of alkyl halides is 3. The van der Waals surface area contributed by atoms with E-state index in [2.05, 4.69) is 9.46 Å². The van der Waals surface area contributed by atoms with Gasteiger partial charge in [0.15, 0.2) is 0 Å². The van der Waals surface area contributed by atoms with E-state index in [9.17, 15) is 26.4 Å². The van der Waals surface area contributed by atoms with Gasteiger partial charge in [0, 0.05) is 6.54 Å². The van der Waals surface area contributed by atoms with Crippen molar-refractivity contribution in [2.24, 2.45) is 0 Å². The first-order chi connectivity index (χ1) is 13.0. The van der Waals surface area contributed by atoms with Crippen molar-refractivity contribution in [2.75, 3.05) is 12.8 Å². The normalized spacial score (nSPS) is 11.9. The second kappa shape index (κ2) is 9.07. The monoisotopic (exact) mass is 417 g/mol. The zero-order valence-electron chi connectivity index (χ0n) is 14.8. The highest BCUT2D eigenvalue weighted by molar-refractivity contribution is 7.88. The smallest absolute Gasteiger partial charge is 0.457 e. The number of rotatable bonds is 8. The van der Waals surface area contributed by atoms with E-state index in [1.165, 1.54) is 12.1 Å². The summed E-state index contributed by atoms with van der Waals surface area (Å²) in [6.07, 6.45) is -3.22. The Morgan fingerprint density at radius 3 is 2.11 bits per heavy atom. The van der Waals surface area contributed by atoms with Gasteiger partial charge in [0.1, 0.15) is 12.4 Å². The third kappa shape index (κ3) is 7.97. The maximum atomic E-state index is 12.1. The topological polar surface area (TPSA) is 81.7 Å². The van der Waals surface area contributed by atoms with Crippen molar-refractivity contribution in [3.8, 4) is 5.75 Å². The molecule has 28 heavy (non-hydrogen) atoms. The van der Waals surface area contributed by atoms with Gasteiger partial charge in [-0.1, -0.05) is 24.3 Å². The van der Waals surface area contributed by atoms with Gasteiger partial charge >= 0.3 is 12.3 Å². The molecule has 0 saturated heterocycles. The third-order valence-electron chi connectivity index (χ3n) is 3.49. The van der Waals surface area contributed by atoms with Crippen LogP contribution < -0.4 is 9.46 Å². The minimum absolute atomic E-state index is 0.106. The van der Waals surface area contributed by atoms with E-state index in [1.54, 1.807) is 24.3 Å². The Bertz CT molecular complexity index is 894. The molecule has 0 saturated carbocycles. The Morgan fingerprint density at radius 2 is 1.57 bits per heavy atom. The van der Waals surface area contributed by atoms with Crippen LogP contribution in [-0.2, 0) is 27.8 Å². The lowest BCUT2D eigenvalue weighted by atomic mass is 10.1. The zero-order chi connectivity index (χ0) is 20.8. The predicted molar refractivity (Wildman–Crippen MR) is 95.2 cm³/mol. The Hall–Kier alpha value is -2.59. The molecule has 0 bridgehead atoms. The number of carbonyl (C=O) groups is 1. The molecule has 152 valence electrons. The van der Waals surface area contributed by atoms with Gasteiger partial charge < -0.3 is 9.47 Å². The molecule has 0 aliphatic heterocycles. The highest BCUT2D eigenvalue weighted by Crippen LogP contribution is 2.23. The quantitative estimate of drug-likeness (QED) is 0.668. The summed E-state index contributed by atoms with van der Waals surface area (Å²) in [6, 6.07) is 11.5. The number of carbonyl (C=O) groups excluding carboxylic acids is 1. The van der Waals surface area contributed by atoms with Gasteiger partial charge in [-0.05, 0) is 41.8 Å². The summed E-state index contributed by atoms with van der Waals surface area (Å²) >= 11 is 0. The highest BCUT2D eigenvalue weighted by Gasteiger charge is 2.30. The predicted octanol–water partition coefficient (Wildman–Crippen LogP) is 3.03. The Morgan fingerprint density at radius 1 is 1.00 bits per heavy atom. The summed E-state index contributed by atoms with van der Waals surface area (Å²) in [5.74, 6) is -0.944. The first-order valence-electron chi connectivity index (χ1n) is 8.07. The number of sulfonamides is 1. The summed E-state index contributed by atoms with van der Waals surface area (Å²) in [6.45, 7) is 0.141. The van der Waals surface area contributed by atoms with Crippen molar-refractivity contribution in [3.63, 3.8) is 0 Å². The minimum Gasteiger partial charge on any atom is -0.457 e. The van der Waals surface area contributed by atoms with E-state index in [-0.39, 0.29) is 18.9 Å². The Balaban J connectivity index is 1.84. The molecule has 0 heterocycles. The van der Waals surface area contributed by atoms with E-state index in [0.717, 1.165) is 24.0 Å². The SMILES string of the molecule is CS(=O)(=O)NCCc1ccc(C(=O)OCc2ccc(OC(F)(F)F)cc2)cc1. The fourth-order valence-electron chi connectivity index (χ4n) is 2.21. The van der Waals surface area contributed by atoms with Gasteiger partial charge in [-0.25, -0.2) is 17.9 Å². The van der Waals surface area contributed by atoms with Crippen molar-refractivity contribution in [3.05, 3.63) is 65.2 Å². The molecule has 6 nitrogen and oxygen atoms in total. The van der Waals surface area contributed by atoms with Crippen molar-refractivity contribution in [1.29, 1.82) is 0 Å². The van der Waals surface area contributed by atoms with Gasteiger partial charge in [-0.3, -0.25) is 0 Å². The lowest BCUT2D eigenvalue weighted by Crippen LogP contribution is -2.24. The van der Waals surface area contributed by atoms with Crippen LogP contribution in [-0.4, -0.2) is 33.5 Å². The van der Waals surface area contributed by atoms with E-state index in [4.69, 9.17) is 4.74 Å². The number of esters is 1. The molecule has 1 N–H and O–H groups in total. The number of nitrogens with one attached hydrogen (secondary N) is 1. The Kier molecular flexibility index (Phi) is 7.03. The first-order valence-corrected chi connectivity index (χ1v) is 9.96. The molecule has 0 aromatic heterocycles. The van der Waals surface area contributed by atoms with E-state index >= 15 is 0 Å². The first kappa shape index (κ1) is 21.7. The van der Waals surface area contributed by atoms with E-state index in [1.807, 2.05) is 0 Å². The van der Waals surface area contributed by atoms with Gasteiger partial charge in [0.25, 0.3) is 0 Å². The molecule has 2 aromatic rings. The van der Waals surface area contributed by atoms with Crippen LogP contribution in [0, 0.1) is 0 Å². The molecule has 2 aromatic carbocycles. The van der Waals surface area contributed by atoms with E-state index in [0.29, 0.717) is 17.5 Å². The minimum atomic E-state index is -4.76. The standard InChI is InChI=1S/C18H18F3NO5S/c1-28(24,25)22-11-10-13-2-6-15(7-3-13)17(23)26-12-14-4-8-16(9-5-14)27-18(19,20)21/h2-9,22H,10-12H2,1H3.